The summed E-state index contributed by atoms with van der Waals surface area (Å²) in [6.45, 7) is 3.88. The second-order valence-electron chi connectivity index (χ2n) is 5.46. The number of carbonyl (C=O) groups excluding carboxylic acids is 1. The van der Waals surface area contributed by atoms with Crippen molar-refractivity contribution in [2.45, 2.75) is 30.8 Å². The van der Waals surface area contributed by atoms with Gasteiger partial charge in [-0.1, -0.05) is 47.3 Å². The Morgan fingerprint density at radius 2 is 2.16 bits per heavy atom. The van der Waals surface area contributed by atoms with Crippen LogP contribution in [0.25, 0.3) is 0 Å². The van der Waals surface area contributed by atoms with Crippen LogP contribution in [0.2, 0.25) is 0 Å². The van der Waals surface area contributed by atoms with Gasteiger partial charge in [-0.25, -0.2) is 9.89 Å². The van der Waals surface area contributed by atoms with Gasteiger partial charge in [-0.05, 0) is 19.4 Å². The summed E-state index contributed by atoms with van der Waals surface area (Å²) in [6.07, 6.45) is 0. The van der Waals surface area contributed by atoms with E-state index in [9.17, 15) is 9.59 Å². The molecule has 1 unspecified atom stereocenters. The second kappa shape index (κ2) is 7.39. The number of nitrogens with one attached hydrogen (secondary N) is 2. The van der Waals surface area contributed by atoms with Crippen molar-refractivity contribution < 1.29 is 9.32 Å². The lowest BCUT2D eigenvalue weighted by molar-refractivity contribution is -0.115. The molecule has 0 aliphatic heterocycles. The summed E-state index contributed by atoms with van der Waals surface area (Å²) < 4.78 is 6.48. The van der Waals surface area contributed by atoms with Crippen LogP contribution < -0.4 is 11.0 Å². The molecule has 0 bridgehead atoms. The molecule has 1 atom stereocenters. The van der Waals surface area contributed by atoms with E-state index in [1.165, 1.54) is 16.3 Å². The Balaban J connectivity index is 1.70. The maximum Gasteiger partial charge on any atom is 0.344 e. The summed E-state index contributed by atoms with van der Waals surface area (Å²) in [4.78, 5) is 24.3. The molecule has 3 rings (SSSR count). The Bertz CT molecular complexity index is 915. The molecule has 9 heteroatoms. The first-order valence-corrected chi connectivity index (χ1v) is 8.51. The molecule has 2 heterocycles. The third-order valence-corrected chi connectivity index (χ3v) is 4.52. The number of aromatic amines is 1. The van der Waals surface area contributed by atoms with E-state index in [0.717, 1.165) is 5.56 Å². The number of nitrogens with zero attached hydrogens (tertiary/aromatic N) is 3. The third-order valence-electron chi connectivity index (χ3n) is 3.43. The minimum atomic E-state index is -0.477. The van der Waals surface area contributed by atoms with Crippen molar-refractivity contribution in [3.8, 4) is 0 Å². The fraction of sp³-hybridized carbons (Fsp3) is 0.250. The number of aromatic nitrogens is 4. The fourth-order valence-corrected chi connectivity index (χ4v) is 3.01. The molecular formula is C16H17N5O3S. The molecule has 1 amide bonds. The van der Waals surface area contributed by atoms with Crippen LogP contribution in [0, 0.1) is 6.92 Å². The van der Waals surface area contributed by atoms with Crippen LogP contribution in [0.4, 0.5) is 5.88 Å². The molecule has 3 aromatic rings. The topological polar surface area (TPSA) is 106 Å². The molecular weight excluding hydrogens is 342 g/mol. The number of carbonyl (C=O) groups is 1. The number of amides is 1. The van der Waals surface area contributed by atoms with Crippen LogP contribution in [0.15, 0.2) is 50.9 Å². The van der Waals surface area contributed by atoms with Crippen LogP contribution >= 0.6 is 11.8 Å². The van der Waals surface area contributed by atoms with Crippen molar-refractivity contribution in [2.24, 2.45) is 0 Å². The highest BCUT2D eigenvalue weighted by molar-refractivity contribution is 8.00. The van der Waals surface area contributed by atoms with Crippen molar-refractivity contribution in [3.63, 3.8) is 0 Å². The number of rotatable bonds is 6. The van der Waals surface area contributed by atoms with Gasteiger partial charge in [0.05, 0.1) is 17.5 Å². The molecule has 2 N–H and O–H groups in total. The number of H-pyrrole nitrogens is 1. The third kappa shape index (κ3) is 4.18. The van der Waals surface area contributed by atoms with E-state index in [0.29, 0.717) is 23.3 Å². The van der Waals surface area contributed by atoms with Gasteiger partial charge in [-0.2, -0.15) is 0 Å². The quantitative estimate of drug-likeness (QED) is 0.653. The molecule has 0 radical (unpaired) electrons. The molecule has 130 valence electrons. The normalized spacial score (nSPS) is 12.1. The molecule has 8 nitrogen and oxygen atoms in total. The number of hydrogen-bond acceptors (Lipinski definition) is 6. The number of thioether (sulfide) groups is 1. The van der Waals surface area contributed by atoms with Crippen LogP contribution in [0.5, 0.6) is 0 Å². The summed E-state index contributed by atoms with van der Waals surface area (Å²) >= 11 is 1.19. The van der Waals surface area contributed by atoms with Crippen molar-refractivity contribution in [3.05, 3.63) is 58.1 Å². The lowest BCUT2D eigenvalue weighted by atomic mass is 10.2. The van der Waals surface area contributed by atoms with E-state index in [1.54, 1.807) is 19.9 Å². The molecule has 1 aromatic carbocycles. The number of benzene rings is 1. The van der Waals surface area contributed by atoms with E-state index in [1.807, 2.05) is 30.3 Å². The van der Waals surface area contributed by atoms with Gasteiger partial charge >= 0.3 is 5.69 Å². The second-order valence-corrected chi connectivity index (χ2v) is 6.77. The highest BCUT2D eigenvalue weighted by Crippen LogP contribution is 2.22. The SMILES string of the molecule is Cc1cc(NC(=O)C(C)Sc2n[nH]c(=O)n2Cc2ccccc2)on1. The van der Waals surface area contributed by atoms with Gasteiger partial charge in [0.2, 0.25) is 11.8 Å². The number of hydrogen-bond donors (Lipinski definition) is 2. The zero-order valence-electron chi connectivity index (χ0n) is 13.7. The molecule has 0 fully saturated rings. The molecule has 0 aliphatic rings. The fourth-order valence-electron chi connectivity index (χ4n) is 2.16. The van der Waals surface area contributed by atoms with Crippen LogP contribution in [-0.2, 0) is 11.3 Å². The standard InChI is InChI=1S/C16H17N5O3S/c1-10-8-13(24-20-10)17-14(22)11(2)25-16-19-18-15(23)21(16)9-12-6-4-3-5-7-12/h3-8,11H,9H2,1-2H3,(H,17,22)(H,18,23). The van der Waals surface area contributed by atoms with Gasteiger partial charge in [0, 0.05) is 6.07 Å². The largest absolute Gasteiger partial charge is 0.344 e. The zero-order valence-corrected chi connectivity index (χ0v) is 14.5. The van der Waals surface area contributed by atoms with Gasteiger partial charge in [-0.3, -0.25) is 14.7 Å². The lowest BCUT2D eigenvalue weighted by Gasteiger charge is -2.10. The number of aryl methyl sites for hydroxylation is 1. The van der Waals surface area contributed by atoms with Crippen molar-refractivity contribution in [2.75, 3.05) is 5.32 Å². The molecule has 0 aliphatic carbocycles. The summed E-state index contributed by atoms with van der Waals surface area (Å²) in [7, 11) is 0. The summed E-state index contributed by atoms with van der Waals surface area (Å²) in [5.41, 5.74) is 1.34. The zero-order chi connectivity index (χ0) is 17.8. The Morgan fingerprint density at radius 1 is 1.40 bits per heavy atom. The summed E-state index contributed by atoms with van der Waals surface area (Å²) in [5, 5.41) is 12.8. The van der Waals surface area contributed by atoms with E-state index >= 15 is 0 Å². The van der Waals surface area contributed by atoms with Crippen LogP contribution in [0.1, 0.15) is 18.2 Å². The summed E-state index contributed by atoms with van der Waals surface area (Å²) in [5.74, 6) is 0.0292. The minimum Gasteiger partial charge on any atom is -0.338 e. The smallest absolute Gasteiger partial charge is 0.338 e. The van der Waals surface area contributed by atoms with E-state index in [4.69, 9.17) is 4.52 Å². The van der Waals surface area contributed by atoms with Gasteiger partial charge in [-0.15, -0.1) is 5.10 Å². The average Bonchev–Trinajstić information content (AvgIpc) is 3.16. The van der Waals surface area contributed by atoms with Gasteiger partial charge < -0.3 is 4.52 Å². The molecule has 0 saturated carbocycles. The van der Waals surface area contributed by atoms with Crippen molar-refractivity contribution in [1.82, 2.24) is 19.9 Å². The molecule has 2 aromatic heterocycles. The number of anilines is 1. The van der Waals surface area contributed by atoms with E-state index in [-0.39, 0.29) is 11.6 Å². The van der Waals surface area contributed by atoms with Crippen LogP contribution in [-0.4, -0.2) is 31.1 Å². The Hall–Kier alpha value is -2.81. The predicted molar refractivity (Wildman–Crippen MR) is 93.6 cm³/mol. The Labute approximate surface area is 147 Å². The lowest BCUT2D eigenvalue weighted by Crippen LogP contribution is -2.24. The highest BCUT2D eigenvalue weighted by atomic mass is 32.2. The van der Waals surface area contributed by atoms with Crippen molar-refractivity contribution in [1.29, 1.82) is 0 Å². The maximum absolute atomic E-state index is 12.3. The molecule has 0 saturated heterocycles. The molecule has 0 spiro atoms. The Kier molecular flexibility index (Phi) is 5.03. The molecule has 25 heavy (non-hydrogen) atoms. The first-order valence-electron chi connectivity index (χ1n) is 7.63. The van der Waals surface area contributed by atoms with Gasteiger partial charge in [0.15, 0.2) is 5.16 Å². The van der Waals surface area contributed by atoms with E-state index in [2.05, 4.69) is 20.7 Å². The van der Waals surface area contributed by atoms with Gasteiger partial charge in [0.1, 0.15) is 0 Å². The van der Waals surface area contributed by atoms with Crippen molar-refractivity contribution >= 4 is 23.6 Å². The van der Waals surface area contributed by atoms with Crippen LogP contribution in [0.3, 0.4) is 0 Å². The maximum atomic E-state index is 12.3. The summed E-state index contributed by atoms with van der Waals surface area (Å²) in [6, 6.07) is 11.2. The van der Waals surface area contributed by atoms with Gasteiger partial charge in [0.25, 0.3) is 0 Å². The monoisotopic (exact) mass is 359 g/mol. The Morgan fingerprint density at radius 3 is 2.84 bits per heavy atom. The minimum absolute atomic E-state index is 0.261. The average molecular weight is 359 g/mol. The highest BCUT2D eigenvalue weighted by Gasteiger charge is 2.20. The van der Waals surface area contributed by atoms with E-state index < -0.39 is 5.25 Å². The first-order chi connectivity index (χ1) is 12.0. The predicted octanol–water partition coefficient (Wildman–Crippen LogP) is 2.04. The first kappa shape index (κ1) is 17.0.